The number of ether oxygens (including phenoxy) is 1. The van der Waals surface area contributed by atoms with Gasteiger partial charge in [-0.3, -0.25) is 9.08 Å². The lowest BCUT2D eigenvalue weighted by Gasteiger charge is -2.31. The van der Waals surface area contributed by atoms with Crippen molar-refractivity contribution in [1.82, 2.24) is 4.98 Å². The number of hydrogen-bond donors (Lipinski definition) is 0. The Bertz CT molecular complexity index is 1010. The van der Waals surface area contributed by atoms with Gasteiger partial charge in [0.25, 0.3) is 10.1 Å². The minimum atomic E-state index is -3.82. The summed E-state index contributed by atoms with van der Waals surface area (Å²) < 4.78 is 35.3. The second-order valence-electron chi connectivity index (χ2n) is 8.36. The molecule has 0 unspecified atom stereocenters. The summed E-state index contributed by atoms with van der Waals surface area (Å²) in [7, 11) is -3.82. The van der Waals surface area contributed by atoms with Crippen LogP contribution in [0.2, 0.25) is 0 Å². The average Bonchev–Trinajstić information content (AvgIpc) is 2.66. The molecule has 1 amide bonds. The van der Waals surface area contributed by atoms with E-state index in [1.54, 1.807) is 17.0 Å². The molecule has 0 saturated carbocycles. The van der Waals surface area contributed by atoms with Crippen molar-refractivity contribution in [2.45, 2.75) is 57.5 Å². The Labute approximate surface area is 178 Å². The number of carbonyl (C=O) groups excluding carboxylic acids is 1. The third-order valence-corrected chi connectivity index (χ3v) is 5.94. The summed E-state index contributed by atoms with van der Waals surface area (Å²) in [5.41, 5.74) is 2.01. The highest BCUT2D eigenvalue weighted by atomic mass is 32.2. The van der Waals surface area contributed by atoms with Gasteiger partial charge >= 0.3 is 6.09 Å². The Morgan fingerprint density at radius 3 is 2.50 bits per heavy atom. The number of amides is 1. The predicted molar refractivity (Wildman–Crippen MR) is 114 cm³/mol. The molecule has 0 spiro atoms. The molecule has 0 saturated heterocycles. The maximum Gasteiger partial charge on any atom is 0.416 e. The molecule has 0 radical (unpaired) electrons. The molecule has 0 bridgehead atoms. The van der Waals surface area contributed by atoms with E-state index in [9.17, 15) is 13.2 Å². The SMILES string of the molecule is Cc1ccc(S(=O)(=O)OCCc2ccc3c(n2)N(C(=O)OC(C)(C)C)CCC3)cc1. The second-order valence-corrected chi connectivity index (χ2v) is 9.98. The Kier molecular flexibility index (Phi) is 6.47. The first-order valence-corrected chi connectivity index (χ1v) is 11.4. The van der Waals surface area contributed by atoms with E-state index in [4.69, 9.17) is 8.92 Å². The van der Waals surface area contributed by atoms with E-state index >= 15 is 0 Å². The van der Waals surface area contributed by atoms with Gasteiger partial charge in [0, 0.05) is 18.7 Å². The Hall–Kier alpha value is -2.45. The van der Waals surface area contributed by atoms with E-state index in [1.165, 1.54) is 12.1 Å². The predicted octanol–water partition coefficient (Wildman–Crippen LogP) is 4.03. The van der Waals surface area contributed by atoms with Crippen molar-refractivity contribution in [2.75, 3.05) is 18.1 Å². The molecule has 1 aromatic carbocycles. The highest BCUT2D eigenvalue weighted by molar-refractivity contribution is 7.86. The summed E-state index contributed by atoms with van der Waals surface area (Å²) in [6.45, 7) is 7.87. The van der Waals surface area contributed by atoms with E-state index in [1.807, 2.05) is 39.8 Å². The normalized spacial score (nSPS) is 14.3. The molecule has 8 heteroatoms. The van der Waals surface area contributed by atoms with Crippen LogP contribution in [0.4, 0.5) is 10.6 Å². The van der Waals surface area contributed by atoms with Crippen LogP contribution in [0.25, 0.3) is 0 Å². The topological polar surface area (TPSA) is 85.8 Å². The molecule has 2 heterocycles. The van der Waals surface area contributed by atoms with Crippen LogP contribution in [0, 0.1) is 6.92 Å². The van der Waals surface area contributed by atoms with Crippen molar-refractivity contribution in [3.8, 4) is 0 Å². The zero-order valence-corrected chi connectivity index (χ0v) is 18.7. The number of aromatic nitrogens is 1. The zero-order valence-electron chi connectivity index (χ0n) is 17.8. The number of hydrogen-bond acceptors (Lipinski definition) is 6. The number of anilines is 1. The molecule has 0 N–H and O–H groups in total. The molecule has 30 heavy (non-hydrogen) atoms. The van der Waals surface area contributed by atoms with Crippen molar-refractivity contribution in [3.63, 3.8) is 0 Å². The summed E-state index contributed by atoms with van der Waals surface area (Å²) in [5, 5.41) is 0. The van der Waals surface area contributed by atoms with Crippen LogP contribution in [0.1, 0.15) is 44.0 Å². The van der Waals surface area contributed by atoms with Crippen molar-refractivity contribution in [3.05, 3.63) is 53.2 Å². The number of pyridine rings is 1. The third kappa shape index (κ3) is 5.58. The van der Waals surface area contributed by atoms with Gasteiger partial charge in [0.2, 0.25) is 0 Å². The van der Waals surface area contributed by atoms with Crippen LogP contribution < -0.4 is 4.90 Å². The maximum absolute atomic E-state index is 12.6. The first-order valence-electron chi connectivity index (χ1n) is 10.0. The monoisotopic (exact) mass is 432 g/mol. The summed E-state index contributed by atoms with van der Waals surface area (Å²) in [6, 6.07) is 10.3. The lowest BCUT2D eigenvalue weighted by molar-refractivity contribution is 0.0576. The molecular formula is C22H28N2O5S. The first-order chi connectivity index (χ1) is 14.0. The molecule has 1 aromatic heterocycles. The van der Waals surface area contributed by atoms with E-state index in [0.717, 1.165) is 24.0 Å². The number of benzene rings is 1. The lowest BCUT2D eigenvalue weighted by Crippen LogP contribution is -2.40. The number of fused-ring (bicyclic) bond motifs is 1. The number of carbonyl (C=O) groups is 1. The van der Waals surface area contributed by atoms with Crippen molar-refractivity contribution >= 4 is 22.0 Å². The van der Waals surface area contributed by atoms with Crippen LogP contribution in [0.5, 0.6) is 0 Å². The van der Waals surface area contributed by atoms with Gasteiger partial charge in [-0.25, -0.2) is 9.78 Å². The molecule has 2 aromatic rings. The van der Waals surface area contributed by atoms with Gasteiger partial charge in [-0.2, -0.15) is 8.42 Å². The van der Waals surface area contributed by atoms with Gasteiger partial charge in [-0.15, -0.1) is 0 Å². The molecule has 3 rings (SSSR count). The van der Waals surface area contributed by atoms with E-state index < -0.39 is 21.8 Å². The molecule has 7 nitrogen and oxygen atoms in total. The molecular weight excluding hydrogens is 404 g/mol. The van der Waals surface area contributed by atoms with Gasteiger partial charge in [0.15, 0.2) is 0 Å². The summed E-state index contributed by atoms with van der Waals surface area (Å²) in [5.74, 6) is 0.578. The fraction of sp³-hybridized carbons (Fsp3) is 0.455. The standard InChI is InChI=1S/C22H28N2O5S/c1-16-7-11-19(12-8-16)30(26,27)28-15-13-18-10-9-17-6-5-14-24(20(17)23-18)21(25)29-22(2,3)4/h7-12H,5-6,13-15H2,1-4H3. The van der Waals surface area contributed by atoms with Gasteiger partial charge in [-0.1, -0.05) is 23.8 Å². The molecule has 0 atom stereocenters. The Morgan fingerprint density at radius 1 is 1.13 bits per heavy atom. The van der Waals surface area contributed by atoms with Crippen LogP contribution in [-0.4, -0.2) is 38.2 Å². The van der Waals surface area contributed by atoms with Crippen molar-refractivity contribution in [1.29, 1.82) is 0 Å². The minimum Gasteiger partial charge on any atom is -0.443 e. The zero-order chi connectivity index (χ0) is 21.9. The van der Waals surface area contributed by atoms with E-state index in [2.05, 4.69) is 4.98 Å². The van der Waals surface area contributed by atoms with Crippen LogP contribution in [0.15, 0.2) is 41.3 Å². The molecule has 162 valence electrons. The number of rotatable bonds is 5. The van der Waals surface area contributed by atoms with Gasteiger partial charge in [0.1, 0.15) is 11.4 Å². The van der Waals surface area contributed by atoms with Crippen molar-refractivity contribution in [2.24, 2.45) is 0 Å². The number of nitrogens with zero attached hydrogens (tertiary/aromatic N) is 2. The quantitative estimate of drug-likeness (QED) is 0.663. The lowest BCUT2D eigenvalue weighted by atomic mass is 10.1. The molecule has 1 aliphatic rings. The Balaban J connectivity index is 1.69. The number of aryl methyl sites for hydroxylation is 2. The minimum absolute atomic E-state index is 0.0333. The van der Waals surface area contributed by atoms with Gasteiger partial charge in [0.05, 0.1) is 11.5 Å². The van der Waals surface area contributed by atoms with Crippen molar-refractivity contribution < 1.29 is 22.1 Å². The highest BCUT2D eigenvalue weighted by Crippen LogP contribution is 2.27. The first kappa shape index (κ1) is 22.2. The highest BCUT2D eigenvalue weighted by Gasteiger charge is 2.28. The van der Waals surface area contributed by atoms with Crippen LogP contribution in [0.3, 0.4) is 0 Å². The average molecular weight is 433 g/mol. The second kappa shape index (κ2) is 8.73. The van der Waals surface area contributed by atoms with Crippen LogP contribution >= 0.6 is 0 Å². The van der Waals surface area contributed by atoms with Gasteiger partial charge in [-0.05, 0) is 64.3 Å². The molecule has 0 fully saturated rings. The van der Waals surface area contributed by atoms with Crippen LogP contribution in [-0.2, 0) is 31.9 Å². The van der Waals surface area contributed by atoms with Gasteiger partial charge < -0.3 is 4.74 Å². The van der Waals surface area contributed by atoms with E-state index in [0.29, 0.717) is 24.5 Å². The molecule has 1 aliphatic heterocycles. The summed E-state index contributed by atoms with van der Waals surface area (Å²) in [4.78, 5) is 18.9. The van der Waals surface area contributed by atoms with E-state index in [-0.39, 0.29) is 11.5 Å². The third-order valence-electron chi connectivity index (χ3n) is 4.62. The summed E-state index contributed by atoms with van der Waals surface area (Å²) >= 11 is 0. The smallest absolute Gasteiger partial charge is 0.416 e. The molecule has 0 aliphatic carbocycles. The maximum atomic E-state index is 12.6. The Morgan fingerprint density at radius 2 is 1.83 bits per heavy atom. The fourth-order valence-corrected chi connectivity index (χ4v) is 4.05. The summed E-state index contributed by atoms with van der Waals surface area (Å²) in [6.07, 6.45) is 1.55. The fourth-order valence-electron chi connectivity index (χ4n) is 3.14. The largest absolute Gasteiger partial charge is 0.443 e.